The molecule has 248 valence electrons. The number of benzene rings is 1. The summed E-state index contributed by atoms with van der Waals surface area (Å²) in [6.45, 7) is 12.5. The summed E-state index contributed by atoms with van der Waals surface area (Å²) in [5, 5.41) is 0.273. The minimum atomic E-state index is -0.788. The lowest BCUT2D eigenvalue weighted by Crippen LogP contribution is -2.55. The van der Waals surface area contributed by atoms with Crippen LogP contribution in [0.4, 0.5) is 19.4 Å². The molecule has 2 aliphatic heterocycles. The third kappa shape index (κ3) is 6.37. The van der Waals surface area contributed by atoms with E-state index in [0.29, 0.717) is 50.5 Å². The van der Waals surface area contributed by atoms with Crippen LogP contribution in [0.3, 0.4) is 0 Å². The van der Waals surface area contributed by atoms with E-state index in [4.69, 9.17) is 19.4 Å². The highest BCUT2D eigenvalue weighted by atomic mass is 19.1. The Labute approximate surface area is 272 Å². The fraction of sp³-hybridized carbons (Fsp3) is 0.457. The van der Waals surface area contributed by atoms with Crippen LogP contribution in [0.15, 0.2) is 41.3 Å². The molecule has 5 heterocycles. The molecule has 6 rings (SSSR count). The van der Waals surface area contributed by atoms with Gasteiger partial charge < -0.3 is 19.3 Å². The largest absolute Gasteiger partial charge is 0.493 e. The first-order chi connectivity index (χ1) is 22.3. The normalized spacial score (nSPS) is 17.0. The highest BCUT2D eigenvalue weighted by Crippen LogP contribution is 2.37. The molecule has 0 aliphatic carbocycles. The number of ether oxygens (including phenoxy) is 2. The molecule has 3 aromatic heterocycles. The molecule has 0 unspecified atom stereocenters. The van der Waals surface area contributed by atoms with Crippen LogP contribution in [-0.2, 0) is 11.2 Å². The van der Waals surface area contributed by atoms with Crippen LogP contribution in [0.2, 0.25) is 0 Å². The number of aryl methyl sites for hydroxylation is 1. The molecule has 10 nitrogen and oxygen atoms in total. The zero-order chi connectivity index (χ0) is 33.6. The third-order valence-electron chi connectivity index (χ3n) is 8.42. The monoisotopic (exact) mass is 646 g/mol. The number of halogens is 2. The Hall–Kier alpha value is -4.61. The van der Waals surface area contributed by atoms with Crippen molar-refractivity contribution in [3.05, 3.63) is 69.9 Å². The molecule has 47 heavy (non-hydrogen) atoms. The van der Waals surface area contributed by atoms with Gasteiger partial charge >= 0.3 is 11.8 Å². The molecule has 0 radical (unpaired) electrons. The van der Waals surface area contributed by atoms with Gasteiger partial charge in [-0.25, -0.2) is 27.9 Å². The Kier molecular flexibility index (Phi) is 8.62. The number of hydrogen-bond acceptors (Lipinski definition) is 8. The second-order valence-corrected chi connectivity index (χ2v) is 13.5. The summed E-state index contributed by atoms with van der Waals surface area (Å²) in [6.07, 6.45) is 3.50. The zero-order valence-electron chi connectivity index (χ0n) is 27.6. The van der Waals surface area contributed by atoms with Gasteiger partial charge in [-0.3, -0.25) is 4.98 Å². The van der Waals surface area contributed by atoms with E-state index in [1.807, 2.05) is 58.7 Å². The first-order valence-corrected chi connectivity index (χ1v) is 16.1. The summed E-state index contributed by atoms with van der Waals surface area (Å²) in [7, 11) is 0. The van der Waals surface area contributed by atoms with Crippen LogP contribution < -0.4 is 15.3 Å². The van der Waals surface area contributed by atoms with E-state index < -0.39 is 29.0 Å². The molecular formula is C35H40F2N6O4. The molecule has 1 amide bonds. The molecule has 1 saturated heterocycles. The van der Waals surface area contributed by atoms with Gasteiger partial charge in [-0.2, -0.15) is 4.98 Å². The van der Waals surface area contributed by atoms with Gasteiger partial charge in [-0.1, -0.05) is 19.9 Å². The van der Waals surface area contributed by atoms with Crippen LogP contribution in [-0.4, -0.2) is 68.4 Å². The van der Waals surface area contributed by atoms with Crippen LogP contribution in [0.1, 0.15) is 71.6 Å². The SMILES string of the molecule is CC(C)c1ncc2cc1-n1c(=O)nc(N3CCN(C(=O)OC(C)(C)C)C[C@@H]3C)c3cc(F)c(nc31)-c1c(F)cccc1OCCCC2. The van der Waals surface area contributed by atoms with E-state index in [1.165, 1.54) is 22.8 Å². The summed E-state index contributed by atoms with van der Waals surface area (Å²) in [6, 6.07) is 7.21. The third-order valence-corrected chi connectivity index (χ3v) is 8.42. The summed E-state index contributed by atoms with van der Waals surface area (Å²) in [5.41, 5.74) is 0.530. The molecule has 4 bridgehead atoms. The molecule has 1 fully saturated rings. The van der Waals surface area contributed by atoms with Crippen LogP contribution in [0.5, 0.6) is 5.75 Å². The maximum absolute atomic E-state index is 16.3. The predicted molar refractivity (Wildman–Crippen MR) is 175 cm³/mol. The van der Waals surface area contributed by atoms with Crippen molar-refractivity contribution in [1.82, 2.24) is 24.4 Å². The number of aromatic nitrogens is 4. The fourth-order valence-electron chi connectivity index (χ4n) is 6.22. The topological polar surface area (TPSA) is 103 Å². The van der Waals surface area contributed by atoms with Gasteiger partial charge in [0.1, 0.15) is 28.7 Å². The molecule has 1 aromatic carbocycles. The van der Waals surface area contributed by atoms with Crippen molar-refractivity contribution >= 4 is 22.9 Å². The van der Waals surface area contributed by atoms with Gasteiger partial charge in [0.25, 0.3) is 0 Å². The summed E-state index contributed by atoms with van der Waals surface area (Å²) in [5.74, 6) is -1.14. The molecule has 4 aromatic rings. The molecule has 0 spiro atoms. The number of pyridine rings is 2. The Morgan fingerprint density at radius 2 is 1.87 bits per heavy atom. The fourth-order valence-corrected chi connectivity index (χ4v) is 6.22. The summed E-state index contributed by atoms with van der Waals surface area (Å²) in [4.78, 5) is 44.5. The minimum Gasteiger partial charge on any atom is -0.493 e. The van der Waals surface area contributed by atoms with Gasteiger partial charge in [0.15, 0.2) is 11.5 Å². The summed E-state index contributed by atoms with van der Waals surface area (Å²) >= 11 is 0. The molecular weight excluding hydrogens is 606 g/mol. The van der Waals surface area contributed by atoms with Crippen LogP contribution in [0.25, 0.3) is 28.0 Å². The van der Waals surface area contributed by atoms with Crippen molar-refractivity contribution < 1.29 is 23.0 Å². The molecule has 1 atom stereocenters. The van der Waals surface area contributed by atoms with Crippen molar-refractivity contribution in [2.75, 3.05) is 31.1 Å². The Bertz CT molecular complexity index is 1900. The number of rotatable bonds is 2. The van der Waals surface area contributed by atoms with E-state index in [0.717, 1.165) is 12.0 Å². The Morgan fingerprint density at radius 3 is 2.60 bits per heavy atom. The quantitative estimate of drug-likeness (QED) is 0.247. The smallest absolute Gasteiger partial charge is 0.410 e. The molecule has 12 heteroatoms. The van der Waals surface area contributed by atoms with E-state index in [2.05, 4.69) is 4.98 Å². The van der Waals surface area contributed by atoms with Gasteiger partial charge in [0, 0.05) is 31.9 Å². The highest BCUT2D eigenvalue weighted by Gasteiger charge is 2.33. The van der Waals surface area contributed by atoms with E-state index in [1.54, 1.807) is 11.0 Å². The maximum Gasteiger partial charge on any atom is 0.410 e. The number of nitrogens with zero attached hydrogens (tertiary/aromatic N) is 6. The lowest BCUT2D eigenvalue weighted by molar-refractivity contribution is 0.0218. The average molecular weight is 647 g/mol. The first kappa shape index (κ1) is 32.3. The van der Waals surface area contributed by atoms with Crippen molar-refractivity contribution in [3.63, 3.8) is 0 Å². The number of amides is 1. The number of anilines is 1. The highest BCUT2D eigenvalue weighted by molar-refractivity contribution is 5.91. The zero-order valence-corrected chi connectivity index (χ0v) is 27.6. The lowest BCUT2D eigenvalue weighted by Gasteiger charge is -2.41. The standard InChI is InChI=1S/C35H40F2N6O4/c1-20(2)29-26-16-22(18-38-29)10-7-8-15-46-27-12-9-11-24(36)28(27)30-25(37)17-23-31(40-33(44)43(26)32(23)39-30)42-14-13-41(19-21(42)3)34(45)47-35(4,5)6/h9,11-12,16-18,20-21H,7-8,10,13-15,19H2,1-6H3/t21-/m0/s1. The van der Waals surface area contributed by atoms with Crippen molar-refractivity contribution in [2.24, 2.45) is 0 Å². The number of carbonyl (C=O) groups excluding carboxylic acids is 1. The second kappa shape index (κ2) is 12.5. The average Bonchev–Trinajstić information content (AvgIpc) is 2.99. The van der Waals surface area contributed by atoms with Gasteiger partial charge in [0.2, 0.25) is 0 Å². The number of piperazine rings is 1. The van der Waals surface area contributed by atoms with E-state index in [9.17, 15) is 9.59 Å². The van der Waals surface area contributed by atoms with Crippen molar-refractivity contribution in [3.8, 4) is 22.7 Å². The predicted octanol–water partition coefficient (Wildman–Crippen LogP) is 6.41. The number of hydrogen-bond donors (Lipinski definition) is 0. The summed E-state index contributed by atoms with van der Waals surface area (Å²) < 4.78 is 44.7. The van der Waals surface area contributed by atoms with Gasteiger partial charge in [-0.05, 0) is 82.7 Å². The van der Waals surface area contributed by atoms with Crippen LogP contribution >= 0.6 is 0 Å². The van der Waals surface area contributed by atoms with E-state index in [-0.39, 0.29) is 45.8 Å². The van der Waals surface area contributed by atoms with Crippen LogP contribution in [0, 0.1) is 11.6 Å². The molecule has 0 N–H and O–H groups in total. The molecule has 2 aliphatic rings. The number of fused-ring (bicyclic) bond motifs is 6. The second-order valence-electron chi connectivity index (χ2n) is 13.5. The van der Waals surface area contributed by atoms with Crippen molar-refractivity contribution in [1.29, 1.82) is 0 Å². The Balaban J connectivity index is 1.58. The van der Waals surface area contributed by atoms with E-state index >= 15 is 8.78 Å². The van der Waals surface area contributed by atoms with Crippen molar-refractivity contribution in [2.45, 2.75) is 78.4 Å². The maximum atomic E-state index is 16.3. The number of carbonyl (C=O) groups is 1. The van der Waals surface area contributed by atoms with Gasteiger partial charge in [0.05, 0.1) is 28.9 Å². The van der Waals surface area contributed by atoms with Gasteiger partial charge in [-0.15, -0.1) is 0 Å². The minimum absolute atomic E-state index is 0.0630. The lowest BCUT2D eigenvalue weighted by atomic mass is 10.0. The Morgan fingerprint density at radius 1 is 1.09 bits per heavy atom. The molecule has 0 saturated carbocycles. The first-order valence-electron chi connectivity index (χ1n) is 16.1.